The normalized spacial score (nSPS) is 11.9. The lowest BCUT2D eigenvalue weighted by Crippen LogP contribution is -2.21. The summed E-state index contributed by atoms with van der Waals surface area (Å²) in [6, 6.07) is 9.20. The van der Waals surface area contributed by atoms with E-state index in [9.17, 15) is 4.79 Å². The molecular weight excluding hydrogens is 486 g/mol. The van der Waals surface area contributed by atoms with Crippen molar-refractivity contribution in [2.45, 2.75) is 32.8 Å². The number of rotatable bonds is 10. The molecule has 9 heteroatoms. The van der Waals surface area contributed by atoms with Crippen LogP contribution in [0.4, 0.5) is 11.4 Å². The number of hydrogen-bond acceptors (Lipinski definition) is 7. The Labute approximate surface area is 202 Å². The van der Waals surface area contributed by atoms with Crippen LogP contribution in [0.3, 0.4) is 0 Å². The van der Waals surface area contributed by atoms with Gasteiger partial charge in [-0.15, -0.1) is 0 Å². The highest BCUT2D eigenvalue weighted by Gasteiger charge is 2.16. The molecule has 8 nitrogen and oxygen atoms in total. The molecule has 0 radical (unpaired) electrons. The van der Waals surface area contributed by atoms with Crippen LogP contribution in [-0.4, -0.2) is 47.1 Å². The molecule has 0 saturated heterocycles. The molecule has 0 fully saturated rings. The molecule has 0 aliphatic heterocycles. The Morgan fingerprint density at radius 1 is 1.30 bits per heavy atom. The zero-order chi connectivity index (χ0) is 24.0. The summed E-state index contributed by atoms with van der Waals surface area (Å²) in [5.41, 5.74) is 11.5. The maximum Gasteiger partial charge on any atom is 0.337 e. The van der Waals surface area contributed by atoms with Gasteiger partial charge in [-0.2, -0.15) is 5.10 Å². The number of carbonyl (C=O) groups is 1. The molecule has 0 amide bonds. The first-order chi connectivity index (χ1) is 15.8. The number of ether oxygens (including phenoxy) is 2. The fraction of sp³-hybridized carbons (Fsp3) is 0.375. The Morgan fingerprint density at radius 3 is 2.85 bits per heavy atom. The van der Waals surface area contributed by atoms with E-state index in [-0.39, 0.29) is 12.1 Å². The zero-order valence-corrected chi connectivity index (χ0v) is 21.0. The highest BCUT2D eigenvalue weighted by Crippen LogP contribution is 2.25. The number of benzene rings is 1. The SMILES string of the molecule is COC(=O)c1cc(C)nc(-c2cnn(C)c2CCCO[C@@H](C)CNc2cc(Br)ccc2N)c1. The minimum Gasteiger partial charge on any atom is -0.465 e. The van der Waals surface area contributed by atoms with E-state index in [4.69, 9.17) is 15.2 Å². The molecule has 3 rings (SSSR count). The van der Waals surface area contributed by atoms with Crippen LogP contribution in [0, 0.1) is 6.92 Å². The van der Waals surface area contributed by atoms with E-state index in [1.165, 1.54) is 7.11 Å². The van der Waals surface area contributed by atoms with E-state index >= 15 is 0 Å². The number of nitrogens with one attached hydrogen (secondary N) is 1. The maximum atomic E-state index is 12.0. The molecular formula is C24H30BrN5O3. The van der Waals surface area contributed by atoms with Crippen LogP contribution in [0.25, 0.3) is 11.3 Å². The van der Waals surface area contributed by atoms with Crippen molar-refractivity contribution >= 4 is 33.3 Å². The summed E-state index contributed by atoms with van der Waals surface area (Å²) < 4.78 is 13.7. The molecule has 3 N–H and O–H groups in total. The van der Waals surface area contributed by atoms with Crippen molar-refractivity contribution < 1.29 is 14.3 Å². The summed E-state index contributed by atoms with van der Waals surface area (Å²) in [5.74, 6) is -0.382. The fourth-order valence-electron chi connectivity index (χ4n) is 3.53. The van der Waals surface area contributed by atoms with E-state index in [0.717, 1.165) is 40.0 Å². The lowest BCUT2D eigenvalue weighted by Gasteiger charge is -2.16. The van der Waals surface area contributed by atoms with Crippen LogP contribution in [-0.2, 0) is 22.9 Å². The molecule has 1 aromatic carbocycles. The number of nitrogens with two attached hydrogens (primary N) is 1. The number of carbonyl (C=O) groups excluding carboxylic acids is 1. The minimum absolute atomic E-state index is 0.0236. The first-order valence-electron chi connectivity index (χ1n) is 10.8. The van der Waals surface area contributed by atoms with Crippen LogP contribution < -0.4 is 11.1 Å². The van der Waals surface area contributed by atoms with Crippen LogP contribution >= 0.6 is 15.9 Å². The molecule has 0 aliphatic carbocycles. The molecule has 0 saturated carbocycles. The summed E-state index contributed by atoms with van der Waals surface area (Å²) in [7, 11) is 3.28. The molecule has 0 unspecified atom stereocenters. The van der Waals surface area contributed by atoms with Crippen LogP contribution in [0.1, 0.15) is 35.1 Å². The molecule has 2 aromatic heterocycles. The molecule has 0 aliphatic rings. The van der Waals surface area contributed by atoms with Gasteiger partial charge in [0.2, 0.25) is 0 Å². The van der Waals surface area contributed by atoms with Gasteiger partial charge in [-0.3, -0.25) is 9.67 Å². The third-order valence-electron chi connectivity index (χ3n) is 5.27. The quantitative estimate of drug-likeness (QED) is 0.234. The van der Waals surface area contributed by atoms with Gasteiger partial charge in [0.15, 0.2) is 0 Å². The van der Waals surface area contributed by atoms with Crippen molar-refractivity contribution in [2.75, 3.05) is 31.3 Å². The van der Waals surface area contributed by atoms with Crippen molar-refractivity contribution in [3.05, 3.63) is 58.0 Å². The molecule has 0 spiro atoms. The Hall–Kier alpha value is -2.91. The lowest BCUT2D eigenvalue weighted by atomic mass is 10.1. The Kier molecular flexibility index (Phi) is 8.46. The predicted molar refractivity (Wildman–Crippen MR) is 133 cm³/mol. The number of nitrogens with zero attached hydrogens (tertiary/aromatic N) is 3. The molecule has 0 bridgehead atoms. The van der Waals surface area contributed by atoms with Gasteiger partial charge in [0.05, 0.1) is 42.0 Å². The largest absolute Gasteiger partial charge is 0.465 e. The van der Waals surface area contributed by atoms with Crippen LogP contribution in [0.2, 0.25) is 0 Å². The van der Waals surface area contributed by atoms with Crippen molar-refractivity contribution in [1.29, 1.82) is 0 Å². The Bertz CT molecular complexity index is 1120. The topological polar surface area (TPSA) is 104 Å². The summed E-state index contributed by atoms with van der Waals surface area (Å²) in [5, 5.41) is 7.74. The van der Waals surface area contributed by atoms with Crippen LogP contribution in [0.15, 0.2) is 41.0 Å². The standard InChI is InChI=1S/C24H30BrN5O3/c1-15-10-17(24(31)32-4)11-21(29-15)19-14-28-30(3)23(19)6-5-9-33-16(2)13-27-22-12-18(25)7-8-20(22)26/h7-8,10-12,14,16,27H,5-6,9,13,26H2,1-4H3/t16-/m0/s1. The summed E-state index contributed by atoms with van der Waals surface area (Å²) in [6.07, 6.45) is 3.41. The third kappa shape index (κ3) is 6.55. The molecule has 2 heterocycles. The van der Waals surface area contributed by atoms with Gasteiger partial charge in [-0.1, -0.05) is 15.9 Å². The number of methoxy groups -OCH3 is 1. The average Bonchev–Trinajstić information content (AvgIpc) is 3.16. The third-order valence-corrected chi connectivity index (χ3v) is 5.76. The van der Waals surface area contributed by atoms with Crippen molar-refractivity contribution in [3.63, 3.8) is 0 Å². The van der Waals surface area contributed by atoms with E-state index in [2.05, 4.69) is 31.3 Å². The number of anilines is 2. The first kappa shape index (κ1) is 24.7. The summed E-state index contributed by atoms with van der Waals surface area (Å²) >= 11 is 3.46. The van der Waals surface area contributed by atoms with Gasteiger partial charge in [0, 0.05) is 41.6 Å². The first-order valence-corrected chi connectivity index (χ1v) is 11.6. The smallest absolute Gasteiger partial charge is 0.337 e. The van der Waals surface area contributed by atoms with E-state index < -0.39 is 0 Å². The second kappa shape index (κ2) is 11.3. The second-order valence-corrected chi connectivity index (χ2v) is 8.82. The van der Waals surface area contributed by atoms with Crippen LogP contribution in [0.5, 0.6) is 0 Å². The van der Waals surface area contributed by atoms with Crippen molar-refractivity contribution in [2.24, 2.45) is 7.05 Å². The Balaban J connectivity index is 1.56. The molecule has 33 heavy (non-hydrogen) atoms. The highest BCUT2D eigenvalue weighted by molar-refractivity contribution is 9.10. The molecule has 1 atom stereocenters. The summed E-state index contributed by atoms with van der Waals surface area (Å²) in [4.78, 5) is 16.6. The second-order valence-electron chi connectivity index (χ2n) is 7.90. The number of nitrogen functional groups attached to an aromatic ring is 1. The average molecular weight is 516 g/mol. The number of halogens is 1. The maximum absolute atomic E-state index is 12.0. The Morgan fingerprint density at radius 2 is 2.09 bits per heavy atom. The van der Waals surface area contributed by atoms with Crippen molar-refractivity contribution in [1.82, 2.24) is 14.8 Å². The molecule has 176 valence electrons. The predicted octanol–water partition coefficient (Wildman–Crippen LogP) is 4.37. The van der Waals surface area contributed by atoms with Gasteiger partial charge in [-0.25, -0.2) is 4.79 Å². The van der Waals surface area contributed by atoms with Gasteiger partial charge < -0.3 is 20.5 Å². The number of aromatic nitrogens is 3. The van der Waals surface area contributed by atoms with Gasteiger partial charge >= 0.3 is 5.97 Å². The monoisotopic (exact) mass is 515 g/mol. The van der Waals surface area contributed by atoms with Gasteiger partial charge in [0.25, 0.3) is 0 Å². The van der Waals surface area contributed by atoms with Crippen molar-refractivity contribution in [3.8, 4) is 11.3 Å². The van der Waals surface area contributed by atoms with E-state index in [1.54, 1.807) is 18.3 Å². The van der Waals surface area contributed by atoms with E-state index in [0.29, 0.717) is 30.1 Å². The van der Waals surface area contributed by atoms with Gasteiger partial charge in [0.1, 0.15) is 0 Å². The number of aryl methyl sites for hydroxylation is 2. The zero-order valence-electron chi connectivity index (χ0n) is 19.4. The van der Waals surface area contributed by atoms with Gasteiger partial charge in [-0.05, 0) is 57.0 Å². The fourth-order valence-corrected chi connectivity index (χ4v) is 3.89. The lowest BCUT2D eigenvalue weighted by molar-refractivity contribution is 0.0600. The highest BCUT2D eigenvalue weighted by atomic mass is 79.9. The number of pyridine rings is 1. The van der Waals surface area contributed by atoms with E-state index in [1.807, 2.05) is 43.8 Å². The number of esters is 1. The number of hydrogen-bond donors (Lipinski definition) is 2. The molecule has 3 aromatic rings. The minimum atomic E-state index is -0.382. The summed E-state index contributed by atoms with van der Waals surface area (Å²) in [6.45, 7) is 5.15.